The lowest BCUT2D eigenvalue weighted by atomic mass is 10.0. The van der Waals surface area contributed by atoms with Crippen molar-refractivity contribution < 1.29 is 27.9 Å². The number of rotatable bonds is 5. The molecular formula is C17H13F3INO3. The van der Waals surface area contributed by atoms with Crippen LogP contribution in [0.1, 0.15) is 21.5 Å². The van der Waals surface area contributed by atoms with E-state index in [2.05, 4.69) is 5.32 Å². The molecule has 0 bridgehead atoms. The third-order valence-corrected chi connectivity index (χ3v) is 4.49. The summed E-state index contributed by atoms with van der Waals surface area (Å²) < 4.78 is 39.0. The molecule has 0 saturated carbocycles. The van der Waals surface area contributed by atoms with Crippen LogP contribution < -0.4 is 5.32 Å². The van der Waals surface area contributed by atoms with Crippen LogP contribution in [0.2, 0.25) is 0 Å². The second-order valence-electron chi connectivity index (χ2n) is 5.24. The van der Waals surface area contributed by atoms with Crippen LogP contribution in [0.3, 0.4) is 0 Å². The normalized spacial score (nSPS) is 12.5. The molecule has 2 rings (SSSR count). The smallest absolute Gasteiger partial charge is 0.416 e. The summed E-state index contributed by atoms with van der Waals surface area (Å²) in [6.45, 7) is 0. The monoisotopic (exact) mass is 463 g/mol. The molecule has 0 aromatic heterocycles. The standard InChI is InChI=1S/C17H13F3INO3/c18-17(19,20)12-6-3-5-11(8-12)15(23)22-14(16(24)25)9-10-4-1-2-7-13(10)21/h1-8,14H,9H2,(H,22,23)(H,24,25)/t14-/m1/s1. The Balaban J connectivity index is 2.18. The highest BCUT2D eigenvalue weighted by atomic mass is 127. The van der Waals surface area contributed by atoms with Crippen LogP contribution in [0.25, 0.3) is 0 Å². The first-order chi connectivity index (χ1) is 11.7. The topological polar surface area (TPSA) is 66.4 Å². The highest BCUT2D eigenvalue weighted by molar-refractivity contribution is 14.1. The number of nitrogens with one attached hydrogen (secondary N) is 1. The number of alkyl halides is 3. The molecule has 0 aliphatic carbocycles. The summed E-state index contributed by atoms with van der Waals surface area (Å²) in [6.07, 6.45) is -4.55. The average Bonchev–Trinajstić information content (AvgIpc) is 2.55. The maximum atomic E-state index is 12.7. The Hall–Kier alpha value is -2.10. The van der Waals surface area contributed by atoms with E-state index in [4.69, 9.17) is 0 Å². The lowest BCUT2D eigenvalue weighted by molar-refractivity contribution is -0.139. The predicted octanol–water partition coefficient (Wildman–Crippen LogP) is 3.74. The molecule has 0 radical (unpaired) electrons. The zero-order valence-corrected chi connectivity index (χ0v) is 14.8. The van der Waals surface area contributed by atoms with Gasteiger partial charge in [0, 0.05) is 15.6 Å². The number of aliphatic carboxylic acids is 1. The summed E-state index contributed by atoms with van der Waals surface area (Å²) in [5.41, 5.74) is -0.492. The summed E-state index contributed by atoms with van der Waals surface area (Å²) >= 11 is 2.04. The fourth-order valence-electron chi connectivity index (χ4n) is 2.16. The number of hydrogen-bond acceptors (Lipinski definition) is 2. The quantitative estimate of drug-likeness (QED) is 0.665. The third kappa shape index (κ3) is 5.18. The van der Waals surface area contributed by atoms with Gasteiger partial charge in [-0.3, -0.25) is 4.79 Å². The first-order valence-electron chi connectivity index (χ1n) is 7.13. The van der Waals surface area contributed by atoms with E-state index in [0.717, 1.165) is 21.3 Å². The van der Waals surface area contributed by atoms with Crippen molar-refractivity contribution in [3.63, 3.8) is 0 Å². The zero-order chi connectivity index (χ0) is 18.6. The summed E-state index contributed by atoms with van der Waals surface area (Å²) in [4.78, 5) is 23.6. The number of amides is 1. The summed E-state index contributed by atoms with van der Waals surface area (Å²) in [7, 11) is 0. The molecule has 1 amide bonds. The van der Waals surface area contributed by atoms with Crippen LogP contribution in [0.4, 0.5) is 13.2 Å². The van der Waals surface area contributed by atoms with Crippen molar-refractivity contribution in [2.75, 3.05) is 0 Å². The highest BCUT2D eigenvalue weighted by Crippen LogP contribution is 2.29. The molecule has 0 spiro atoms. The van der Waals surface area contributed by atoms with E-state index >= 15 is 0 Å². The number of carbonyl (C=O) groups excluding carboxylic acids is 1. The van der Waals surface area contributed by atoms with Crippen molar-refractivity contribution in [1.29, 1.82) is 0 Å². The van der Waals surface area contributed by atoms with Crippen molar-refractivity contribution in [3.8, 4) is 0 Å². The van der Waals surface area contributed by atoms with Gasteiger partial charge in [-0.05, 0) is 52.4 Å². The van der Waals surface area contributed by atoms with E-state index in [1.807, 2.05) is 22.6 Å². The van der Waals surface area contributed by atoms with Crippen LogP contribution in [-0.2, 0) is 17.4 Å². The largest absolute Gasteiger partial charge is 0.480 e. The molecule has 2 aromatic carbocycles. The van der Waals surface area contributed by atoms with Crippen molar-refractivity contribution in [2.45, 2.75) is 18.6 Å². The number of carboxylic acids is 1. The van der Waals surface area contributed by atoms with Crippen molar-refractivity contribution in [3.05, 3.63) is 68.8 Å². The Kier molecular flexibility index (Phi) is 6.04. The maximum Gasteiger partial charge on any atom is 0.416 e. The van der Waals surface area contributed by atoms with Gasteiger partial charge in [0.15, 0.2) is 0 Å². The van der Waals surface area contributed by atoms with E-state index < -0.39 is 29.7 Å². The summed E-state index contributed by atoms with van der Waals surface area (Å²) in [5, 5.41) is 11.6. The third-order valence-electron chi connectivity index (χ3n) is 3.44. The van der Waals surface area contributed by atoms with Gasteiger partial charge in [-0.15, -0.1) is 0 Å². The highest BCUT2D eigenvalue weighted by Gasteiger charge is 2.31. The molecule has 1 atom stereocenters. The lowest BCUT2D eigenvalue weighted by Gasteiger charge is -2.16. The van der Waals surface area contributed by atoms with Gasteiger partial charge in [-0.1, -0.05) is 24.3 Å². The Morgan fingerprint density at radius 2 is 1.80 bits per heavy atom. The SMILES string of the molecule is O=C(N[C@H](Cc1ccccc1I)C(=O)O)c1cccc(C(F)(F)F)c1. The van der Waals surface area contributed by atoms with Crippen LogP contribution >= 0.6 is 22.6 Å². The molecule has 2 aromatic rings. The fourth-order valence-corrected chi connectivity index (χ4v) is 2.77. The van der Waals surface area contributed by atoms with Gasteiger partial charge in [0.25, 0.3) is 5.91 Å². The first kappa shape index (κ1) is 19.2. The molecule has 0 fully saturated rings. The maximum absolute atomic E-state index is 12.7. The number of benzene rings is 2. The predicted molar refractivity (Wildman–Crippen MR) is 93.2 cm³/mol. The van der Waals surface area contributed by atoms with E-state index in [1.54, 1.807) is 24.3 Å². The second kappa shape index (κ2) is 7.85. The van der Waals surface area contributed by atoms with Gasteiger partial charge in [-0.25, -0.2) is 4.79 Å². The molecular weight excluding hydrogens is 450 g/mol. The molecule has 4 nitrogen and oxygen atoms in total. The van der Waals surface area contributed by atoms with Crippen molar-refractivity contribution in [2.24, 2.45) is 0 Å². The fraction of sp³-hybridized carbons (Fsp3) is 0.176. The average molecular weight is 463 g/mol. The zero-order valence-electron chi connectivity index (χ0n) is 12.7. The van der Waals surface area contributed by atoms with Crippen LogP contribution in [-0.4, -0.2) is 23.0 Å². The van der Waals surface area contributed by atoms with Gasteiger partial charge in [-0.2, -0.15) is 13.2 Å². The minimum Gasteiger partial charge on any atom is -0.480 e. The molecule has 0 aliphatic heterocycles. The van der Waals surface area contributed by atoms with Crippen molar-refractivity contribution >= 4 is 34.5 Å². The molecule has 132 valence electrons. The van der Waals surface area contributed by atoms with Crippen LogP contribution in [0.15, 0.2) is 48.5 Å². The van der Waals surface area contributed by atoms with Crippen LogP contribution in [0, 0.1) is 3.57 Å². The minimum atomic E-state index is -4.58. The Labute approximate surface area is 155 Å². The first-order valence-corrected chi connectivity index (χ1v) is 8.20. The van der Waals surface area contributed by atoms with E-state index in [-0.39, 0.29) is 12.0 Å². The number of carboxylic acid groups (broad SMARTS) is 1. The molecule has 0 aliphatic rings. The molecule has 0 heterocycles. The van der Waals surface area contributed by atoms with Crippen molar-refractivity contribution in [1.82, 2.24) is 5.32 Å². The number of halogens is 4. The lowest BCUT2D eigenvalue weighted by Crippen LogP contribution is -2.42. The van der Waals surface area contributed by atoms with Gasteiger partial charge in [0.2, 0.25) is 0 Å². The molecule has 8 heteroatoms. The second-order valence-corrected chi connectivity index (χ2v) is 6.40. The number of hydrogen-bond donors (Lipinski definition) is 2. The molecule has 25 heavy (non-hydrogen) atoms. The van der Waals surface area contributed by atoms with E-state index in [0.29, 0.717) is 6.07 Å². The molecule has 0 unspecified atom stereocenters. The summed E-state index contributed by atoms with van der Waals surface area (Å²) in [6, 6.07) is 9.66. The van der Waals surface area contributed by atoms with Gasteiger partial charge < -0.3 is 10.4 Å². The minimum absolute atomic E-state index is 0.0269. The molecule has 0 saturated heterocycles. The summed E-state index contributed by atoms with van der Waals surface area (Å²) in [5.74, 6) is -2.13. The molecule has 2 N–H and O–H groups in total. The van der Waals surface area contributed by atoms with Gasteiger partial charge >= 0.3 is 12.1 Å². The Bertz CT molecular complexity index is 793. The van der Waals surface area contributed by atoms with Gasteiger partial charge in [0.1, 0.15) is 6.04 Å². The Morgan fingerprint density at radius 1 is 1.12 bits per heavy atom. The van der Waals surface area contributed by atoms with E-state index in [9.17, 15) is 27.9 Å². The Morgan fingerprint density at radius 3 is 2.40 bits per heavy atom. The van der Waals surface area contributed by atoms with Crippen LogP contribution in [0.5, 0.6) is 0 Å². The number of carbonyl (C=O) groups is 2. The van der Waals surface area contributed by atoms with Gasteiger partial charge in [0.05, 0.1) is 5.56 Å². The van der Waals surface area contributed by atoms with E-state index in [1.165, 1.54) is 6.07 Å².